The van der Waals surface area contributed by atoms with Gasteiger partial charge in [-0.05, 0) is 30.1 Å². The highest BCUT2D eigenvalue weighted by atomic mass is 79.9. The quantitative estimate of drug-likeness (QED) is 0.713. The lowest BCUT2D eigenvalue weighted by atomic mass is 10.2. The van der Waals surface area contributed by atoms with Crippen molar-refractivity contribution in [2.24, 2.45) is 0 Å². The summed E-state index contributed by atoms with van der Waals surface area (Å²) >= 11 is 3.66. The zero-order chi connectivity index (χ0) is 9.97. The second-order valence-corrected chi connectivity index (χ2v) is 6.63. The van der Waals surface area contributed by atoms with Crippen LogP contribution in [0.3, 0.4) is 0 Å². The Bertz CT molecular complexity index is 321. The maximum Gasteiger partial charge on any atom is 0.247 e. The third-order valence-corrected chi connectivity index (χ3v) is 6.36. The van der Waals surface area contributed by atoms with Crippen LogP contribution >= 0.6 is 15.9 Å². The molecule has 0 N–H and O–H groups in total. The lowest BCUT2D eigenvalue weighted by molar-refractivity contribution is 0.294. The van der Waals surface area contributed by atoms with Gasteiger partial charge in [-0.15, -0.1) is 0 Å². The number of aryl methyl sites for hydroxylation is 1. The highest BCUT2D eigenvalue weighted by molar-refractivity contribution is 9.10. The Kier molecular flexibility index (Phi) is 3.41. The molecule has 75 valence electrons. The number of hydrogen-bond donors (Lipinski definition) is 0. The topological polar surface area (TPSA) is 9.23 Å². The Morgan fingerprint density at radius 3 is 2.93 bits per heavy atom. The molecule has 0 atom stereocenters. The largest absolute Gasteiger partial charge is 0.412 e. The van der Waals surface area contributed by atoms with E-state index < -0.39 is 9.04 Å². The zero-order valence-electron chi connectivity index (χ0n) is 8.35. The average Bonchev–Trinajstić information content (AvgIpc) is 2.23. The van der Waals surface area contributed by atoms with Gasteiger partial charge in [-0.25, -0.2) is 0 Å². The van der Waals surface area contributed by atoms with E-state index in [4.69, 9.17) is 4.43 Å². The van der Waals surface area contributed by atoms with Crippen LogP contribution in [-0.2, 0) is 4.43 Å². The lowest BCUT2D eigenvalue weighted by Gasteiger charge is -2.21. The summed E-state index contributed by atoms with van der Waals surface area (Å²) in [5, 5.41) is 1.41. The summed E-state index contributed by atoms with van der Waals surface area (Å²) in [6.07, 6.45) is 2.56. The Morgan fingerprint density at radius 2 is 2.21 bits per heavy atom. The van der Waals surface area contributed by atoms with Crippen molar-refractivity contribution in [3.8, 4) is 0 Å². The van der Waals surface area contributed by atoms with E-state index in [9.17, 15) is 0 Å². The van der Waals surface area contributed by atoms with Crippen LogP contribution < -0.4 is 5.19 Å². The molecular formula is C11H14BrOSi. The van der Waals surface area contributed by atoms with Gasteiger partial charge in [0, 0.05) is 11.1 Å². The third kappa shape index (κ3) is 2.10. The molecular weight excluding hydrogens is 256 g/mol. The standard InChI is InChI=1S/C11H14BrOSi/c1-9-5-4-6-10(11(9)12)14-8-3-2-7-13-14/h4-6H,2-3,7-8H2,1H3. The van der Waals surface area contributed by atoms with Gasteiger partial charge >= 0.3 is 0 Å². The van der Waals surface area contributed by atoms with E-state index in [0.717, 1.165) is 6.61 Å². The van der Waals surface area contributed by atoms with Crippen molar-refractivity contribution in [3.63, 3.8) is 0 Å². The molecule has 2 rings (SSSR count). The summed E-state index contributed by atoms with van der Waals surface area (Å²) in [4.78, 5) is 0. The summed E-state index contributed by atoms with van der Waals surface area (Å²) in [6, 6.07) is 7.73. The normalized spacial score (nSPS) is 18.4. The molecule has 0 bridgehead atoms. The van der Waals surface area contributed by atoms with Gasteiger partial charge in [0.2, 0.25) is 9.04 Å². The van der Waals surface area contributed by atoms with Crippen LogP contribution in [0.5, 0.6) is 0 Å². The number of rotatable bonds is 1. The van der Waals surface area contributed by atoms with Crippen LogP contribution in [0.15, 0.2) is 22.7 Å². The van der Waals surface area contributed by atoms with Crippen LogP contribution in [0.2, 0.25) is 6.04 Å². The predicted octanol–water partition coefficient (Wildman–Crippen LogP) is 2.77. The summed E-state index contributed by atoms with van der Waals surface area (Å²) in [6.45, 7) is 3.09. The first-order chi connectivity index (χ1) is 6.79. The molecule has 1 aliphatic rings. The minimum Gasteiger partial charge on any atom is -0.412 e. The summed E-state index contributed by atoms with van der Waals surface area (Å²) in [5.74, 6) is 0. The Hall–Kier alpha value is -0.123. The molecule has 0 spiro atoms. The molecule has 1 aliphatic heterocycles. The van der Waals surface area contributed by atoms with Crippen molar-refractivity contribution >= 4 is 30.2 Å². The molecule has 0 aromatic heterocycles. The molecule has 0 saturated carbocycles. The van der Waals surface area contributed by atoms with Crippen LogP contribution in [0, 0.1) is 6.92 Å². The first-order valence-electron chi connectivity index (χ1n) is 5.03. The number of halogens is 1. The summed E-state index contributed by atoms with van der Waals surface area (Å²) in [5.41, 5.74) is 1.31. The van der Waals surface area contributed by atoms with Gasteiger partial charge in [-0.2, -0.15) is 0 Å². The van der Waals surface area contributed by atoms with Gasteiger partial charge < -0.3 is 4.43 Å². The lowest BCUT2D eigenvalue weighted by Crippen LogP contribution is -2.37. The SMILES string of the molecule is Cc1cccc([Si]2CCCCO2)c1Br. The maximum atomic E-state index is 5.87. The fraction of sp³-hybridized carbons (Fsp3) is 0.455. The van der Waals surface area contributed by atoms with E-state index in [1.54, 1.807) is 0 Å². The molecule has 0 amide bonds. The molecule has 1 heterocycles. The zero-order valence-corrected chi connectivity index (χ0v) is 10.9. The van der Waals surface area contributed by atoms with E-state index in [1.807, 2.05) is 0 Å². The third-order valence-electron chi connectivity index (χ3n) is 2.57. The monoisotopic (exact) mass is 269 g/mol. The van der Waals surface area contributed by atoms with Crippen molar-refractivity contribution in [2.45, 2.75) is 25.8 Å². The van der Waals surface area contributed by atoms with E-state index in [0.29, 0.717) is 0 Å². The first-order valence-corrected chi connectivity index (χ1v) is 7.44. The highest BCUT2D eigenvalue weighted by Gasteiger charge is 2.22. The molecule has 1 nitrogen and oxygen atoms in total. The van der Waals surface area contributed by atoms with Gasteiger partial charge in [-0.1, -0.05) is 40.5 Å². The first kappa shape index (κ1) is 10.4. The van der Waals surface area contributed by atoms with Crippen LogP contribution in [0.4, 0.5) is 0 Å². The number of benzene rings is 1. The molecule has 3 heteroatoms. The Balaban J connectivity index is 2.26. The minimum atomic E-state index is -0.725. The fourth-order valence-electron chi connectivity index (χ4n) is 1.73. The van der Waals surface area contributed by atoms with Crippen LogP contribution in [0.25, 0.3) is 0 Å². The number of hydrogen-bond acceptors (Lipinski definition) is 1. The van der Waals surface area contributed by atoms with E-state index >= 15 is 0 Å². The van der Waals surface area contributed by atoms with Crippen molar-refractivity contribution in [1.29, 1.82) is 0 Å². The second-order valence-electron chi connectivity index (χ2n) is 3.67. The molecule has 1 aromatic rings. The van der Waals surface area contributed by atoms with Crippen LogP contribution in [0.1, 0.15) is 18.4 Å². The minimum absolute atomic E-state index is 0.725. The van der Waals surface area contributed by atoms with Crippen LogP contribution in [-0.4, -0.2) is 15.6 Å². The van der Waals surface area contributed by atoms with E-state index in [2.05, 4.69) is 41.1 Å². The van der Waals surface area contributed by atoms with Crippen molar-refractivity contribution in [3.05, 3.63) is 28.2 Å². The van der Waals surface area contributed by atoms with Crippen molar-refractivity contribution < 1.29 is 4.43 Å². The summed E-state index contributed by atoms with van der Waals surface area (Å²) in [7, 11) is -0.725. The van der Waals surface area contributed by atoms with E-state index in [-0.39, 0.29) is 0 Å². The average molecular weight is 270 g/mol. The summed E-state index contributed by atoms with van der Waals surface area (Å²) < 4.78 is 7.13. The van der Waals surface area contributed by atoms with Crippen molar-refractivity contribution in [1.82, 2.24) is 0 Å². The molecule has 0 unspecified atom stereocenters. The second kappa shape index (κ2) is 4.60. The molecule has 1 saturated heterocycles. The molecule has 1 radical (unpaired) electrons. The van der Waals surface area contributed by atoms with Gasteiger partial charge in [0.15, 0.2) is 0 Å². The predicted molar refractivity (Wildman–Crippen MR) is 64.3 cm³/mol. The van der Waals surface area contributed by atoms with Crippen molar-refractivity contribution in [2.75, 3.05) is 6.61 Å². The van der Waals surface area contributed by atoms with E-state index in [1.165, 1.54) is 34.1 Å². The Morgan fingerprint density at radius 1 is 1.36 bits per heavy atom. The maximum absolute atomic E-state index is 5.87. The molecule has 0 aliphatic carbocycles. The smallest absolute Gasteiger partial charge is 0.247 e. The fourth-order valence-corrected chi connectivity index (χ4v) is 4.91. The highest BCUT2D eigenvalue weighted by Crippen LogP contribution is 2.18. The molecule has 1 fully saturated rings. The van der Waals surface area contributed by atoms with Gasteiger partial charge in [0.1, 0.15) is 0 Å². The van der Waals surface area contributed by atoms with Gasteiger partial charge in [-0.3, -0.25) is 0 Å². The van der Waals surface area contributed by atoms with Gasteiger partial charge in [0.25, 0.3) is 0 Å². The Labute approximate surface area is 95.3 Å². The molecule has 14 heavy (non-hydrogen) atoms. The molecule has 1 aromatic carbocycles. The van der Waals surface area contributed by atoms with Gasteiger partial charge in [0.05, 0.1) is 0 Å².